The minimum absolute atomic E-state index is 0.296. The van der Waals surface area contributed by atoms with Crippen molar-refractivity contribution in [1.29, 1.82) is 0 Å². The van der Waals surface area contributed by atoms with E-state index in [9.17, 15) is 5.11 Å². The molecule has 0 radical (unpaired) electrons. The topological polar surface area (TPSA) is 23.5 Å². The molecule has 1 saturated heterocycles. The molecule has 17 heavy (non-hydrogen) atoms. The fourth-order valence-corrected chi connectivity index (χ4v) is 2.78. The summed E-state index contributed by atoms with van der Waals surface area (Å²) < 4.78 is 0. The summed E-state index contributed by atoms with van der Waals surface area (Å²) >= 11 is 0. The van der Waals surface area contributed by atoms with Crippen molar-refractivity contribution >= 4 is 0 Å². The third kappa shape index (κ3) is 3.08. The van der Waals surface area contributed by atoms with Crippen molar-refractivity contribution in [1.82, 2.24) is 4.90 Å². The highest BCUT2D eigenvalue weighted by molar-refractivity contribution is 5.19. The van der Waals surface area contributed by atoms with Gasteiger partial charge in [0.05, 0.1) is 6.10 Å². The second-order valence-electron chi connectivity index (χ2n) is 4.95. The fraction of sp³-hybridized carbons (Fsp3) is 0.600. The molecule has 1 heterocycles. The normalized spacial score (nSPS) is 20.4. The largest absolute Gasteiger partial charge is 0.387 e. The van der Waals surface area contributed by atoms with E-state index in [-0.39, 0.29) is 6.10 Å². The van der Waals surface area contributed by atoms with E-state index in [1.165, 1.54) is 12.8 Å². The molecule has 1 N–H and O–H groups in total. The number of benzene rings is 1. The molecule has 1 fully saturated rings. The zero-order valence-corrected chi connectivity index (χ0v) is 10.7. The SMILES string of the molecule is CCCC(C(O)c1ccccc1)N1CCCC1. The van der Waals surface area contributed by atoms with Gasteiger partial charge in [0.2, 0.25) is 0 Å². The lowest BCUT2D eigenvalue weighted by atomic mass is 9.97. The summed E-state index contributed by atoms with van der Waals surface area (Å²) in [4.78, 5) is 2.46. The van der Waals surface area contributed by atoms with Gasteiger partial charge < -0.3 is 5.11 Å². The average Bonchev–Trinajstić information content (AvgIpc) is 2.90. The van der Waals surface area contributed by atoms with Crippen LogP contribution in [0.4, 0.5) is 0 Å². The van der Waals surface area contributed by atoms with Gasteiger partial charge in [0.15, 0.2) is 0 Å². The van der Waals surface area contributed by atoms with Crippen molar-refractivity contribution in [2.75, 3.05) is 13.1 Å². The van der Waals surface area contributed by atoms with Crippen LogP contribution < -0.4 is 0 Å². The predicted octanol–water partition coefficient (Wildman–Crippen LogP) is 2.98. The van der Waals surface area contributed by atoms with Crippen molar-refractivity contribution in [3.63, 3.8) is 0 Å². The Morgan fingerprint density at radius 1 is 1.18 bits per heavy atom. The summed E-state index contributed by atoms with van der Waals surface area (Å²) in [5, 5.41) is 10.5. The Morgan fingerprint density at radius 3 is 2.41 bits per heavy atom. The summed E-state index contributed by atoms with van der Waals surface area (Å²) in [5.41, 5.74) is 1.05. The lowest BCUT2D eigenvalue weighted by Crippen LogP contribution is -2.37. The zero-order valence-electron chi connectivity index (χ0n) is 10.7. The molecule has 1 aliphatic rings. The fourth-order valence-electron chi connectivity index (χ4n) is 2.78. The minimum Gasteiger partial charge on any atom is -0.387 e. The third-order valence-corrected chi connectivity index (χ3v) is 3.70. The maximum Gasteiger partial charge on any atom is 0.0945 e. The monoisotopic (exact) mass is 233 g/mol. The molecule has 0 aromatic heterocycles. The second kappa shape index (κ2) is 6.18. The number of nitrogens with zero attached hydrogens (tertiary/aromatic N) is 1. The van der Waals surface area contributed by atoms with Crippen molar-refractivity contribution in [2.45, 2.75) is 44.8 Å². The van der Waals surface area contributed by atoms with Gasteiger partial charge >= 0.3 is 0 Å². The predicted molar refractivity (Wildman–Crippen MR) is 70.9 cm³/mol. The summed E-state index contributed by atoms with van der Waals surface area (Å²) in [6.07, 6.45) is 4.43. The number of hydrogen-bond donors (Lipinski definition) is 1. The van der Waals surface area contributed by atoms with Gasteiger partial charge in [-0.05, 0) is 37.9 Å². The van der Waals surface area contributed by atoms with Gasteiger partial charge in [0, 0.05) is 6.04 Å². The van der Waals surface area contributed by atoms with Crippen molar-refractivity contribution in [3.05, 3.63) is 35.9 Å². The van der Waals surface area contributed by atoms with E-state index in [0.29, 0.717) is 6.04 Å². The Bertz CT molecular complexity index is 319. The molecule has 0 amide bonds. The van der Waals surface area contributed by atoms with E-state index in [0.717, 1.165) is 31.5 Å². The molecule has 0 aliphatic carbocycles. The standard InChI is InChI=1S/C15H23NO/c1-2-8-14(16-11-6-7-12-16)15(17)13-9-4-3-5-10-13/h3-5,9-10,14-15,17H,2,6-8,11-12H2,1H3. The average molecular weight is 233 g/mol. The van der Waals surface area contributed by atoms with Crippen LogP contribution in [0.3, 0.4) is 0 Å². The number of hydrogen-bond acceptors (Lipinski definition) is 2. The van der Waals surface area contributed by atoms with Gasteiger partial charge in [-0.25, -0.2) is 0 Å². The molecule has 94 valence electrons. The molecule has 0 saturated carbocycles. The molecule has 2 unspecified atom stereocenters. The first-order chi connectivity index (χ1) is 8.33. The smallest absolute Gasteiger partial charge is 0.0945 e. The van der Waals surface area contributed by atoms with Crippen LogP contribution in [0.5, 0.6) is 0 Å². The van der Waals surface area contributed by atoms with Crippen LogP contribution in [0.15, 0.2) is 30.3 Å². The van der Waals surface area contributed by atoms with Gasteiger partial charge in [0.1, 0.15) is 0 Å². The Kier molecular flexibility index (Phi) is 4.57. The lowest BCUT2D eigenvalue weighted by Gasteiger charge is -2.31. The molecule has 2 heteroatoms. The van der Waals surface area contributed by atoms with Crippen molar-refractivity contribution in [2.24, 2.45) is 0 Å². The van der Waals surface area contributed by atoms with Crippen LogP contribution in [0.2, 0.25) is 0 Å². The molecule has 2 atom stereocenters. The molecule has 0 bridgehead atoms. The molecule has 1 aromatic rings. The van der Waals surface area contributed by atoms with Crippen LogP contribution in [-0.4, -0.2) is 29.1 Å². The number of rotatable bonds is 5. The van der Waals surface area contributed by atoms with E-state index in [2.05, 4.69) is 11.8 Å². The molecule has 2 rings (SSSR count). The molecular formula is C15H23NO. The molecule has 1 aliphatic heterocycles. The number of aliphatic hydroxyl groups is 1. The highest BCUT2D eigenvalue weighted by atomic mass is 16.3. The van der Waals surface area contributed by atoms with Crippen LogP contribution >= 0.6 is 0 Å². The molecular weight excluding hydrogens is 210 g/mol. The first-order valence-corrected chi connectivity index (χ1v) is 6.80. The lowest BCUT2D eigenvalue weighted by molar-refractivity contribution is 0.0558. The third-order valence-electron chi connectivity index (χ3n) is 3.70. The summed E-state index contributed by atoms with van der Waals surface area (Å²) in [7, 11) is 0. The van der Waals surface area contributed by atoms with Gasteiger partial charge in [-0.1, -0.05) is 43.7 Å². The van der Waals surface area contributed by atoms with E-state index in [1.54, 1.807) is 0 Å². The number of aliphatic hydroxyl groups excluding tert-OH is 1. The first-order valence-electron chi connectivity index (χ1n) is 6.80. The van der Waals surface area contributed by atoms with E-state index in [1.807, 2.05) is 30.3 Å². The minimum atomic E-state index is -0.339. The van der Waals surface area contributed by atoms with Gasteiger partial charge in [0.25, 0.3) is 0 Å². The summed E-state index contributed by atoms with van der Waals surface area (Å²) in [6, 6.07) is 10.4. The van der Waals surface area contributed by atoms with Gasteiger partial charge in [-0.3, -0.25) is 4.90 Å². The van der Waals surface area contributed by atoms with E-state index < -0.39 is 0 Å². The molecule has 1 aromatic carbocycles. The van der Waals surface area contributed by atoms with Crippen molar-refractivity contribution in [3.8, 4) is 0 Å². The second-order valence-corrected chi connectivity index (χ2v) is 4.95. The Balaban J connectivity index is 2.09. The summed E-state index contributed by atoms with van der Waals surface area (Å²) in [6.45, 7) is 4.49. The van der Waals surface area contributed by atoms with Crippen LogP contribution in [0, 0.1) is 0 Å². The Hall–Kier alpha value is -0.860. The summed E-state index contributed by atoms with van der Waals surface area (Å²) in [5.74, 6) is 0. The molecule has 2 nitrogen and oxygen atoms in total. The highest BCUT2D eigenvalue weighted by Gasteiger charge is 2.28. The van der Waals surface area contributed by atoms with Crippen LogP contribution in [0.1, 0.15) is 44.3 Å². The zero-order chi connectivity index (χ0) is 12.1. The van der Waals surface area contributed by atoms with Crippen molar-refractivity contribution < 1.29 is 5.11 Å². The van der Waals surface area contributed by atoms with Gasteiger partial charge in [-0.15, -0.1) is 0 Å². The number of likely N-dealkylation sites (tertiary alicyclic amines) is 1. The Labute approximate surface area is 104 Å². The Morgan fingerprint density at radius 2 is 1.82 bits per heavy atom. The maximum atomic E-state index is 10.5. The molecule has 0 spiro atoms. The maximum absolute atomic E-state index is 10.5. The first kappa shape index (κ1) is 12.6. The quantitative estimate of drug-likeness (QED) is 0.845. The van der Waals surface area contributed by atoms with Crippen LogP contribution in [0.25, 0.3) is 0 Å². The van der Waals surface area contributed by atoms with Gasteiger partial charge in [-0.2, -0.15) is 0 Å². The van der Waals surface area contributed by atoms with Crippen LogP contribution in [-0.2, 0) is 0 Å². The highest BCUT2D eigenvalue weighted by Crippen LogP contribution is 2.27. The van der Waals surface area contributed by atoms with E-state index in [4.69, 9.17) is 0 Å². The van der Waals surface area contributed by atoms with E-state index >= 15 is 0 Å².